The van der Waals surface area contributed by atoms with E-state index in [1.54, 1.807) is 16.9 Å². The quantitative estimate of drug-likeness (QED) is 0.470. The van der Waals surface area contributed by atoms with Crippen LogP contribution in [-0.2, 0) is 10.2 Å². The summed E-state index contributed by atoms with van der Waals surface area (Å²) in [6, 6.07) is 1.90. The van der Waals surface area contributed by atoms with Gasteiger partial charge in [-0.1, -0.05) is 0 Å². The lowest BCUT2D eigenvalue weighted by atomic mass is 9.62. The number of pyridine rings is 1. The first-order valence-electron chi connectivity index (χ1n) is 12.4. The summed E-state index contributed by atoms with van der Waals surface area (Å²) >= 11 is 0. The third-order valence-electron chi connectivity index (χ3n) is 7.79. The summed E-state index contributed by atoms with van der Waals surface area (Å²) in [5.74, 6) is 0.309. The number of hydrogen-bond acceptors (Lipinski definition) is 6. The summed E-state index contributed by atoms with van der Waals surface area (Å²) < 4.78 is 16.0. The fraction of sp³-hybridized carbons (Fsp3) is 0.462. The van der Waals surface area contributed by atoms with Crippen molar-refractivity contribution in [3.8, 4) is 5.75 Å². The Morgan fingerprint density at radius 3 is 2.80 bits per heavy atom. The number of imidazole rings is 1. The predicted molar refractivity (Wildman–Crippen MR) is 129 cm³/mol. The lowest BCUT2D eigenvalue weighted by Crippen LogP contribution is -2.45. The molecule has 0 unspecified atom stereocenters. The van der Waals surface area contributed by atoms with Crippen LogP contribution in [0.5, 0.6) is 5.75 Å². The summed E-state index contributed by atoms with van der Waals surface area (Å²) in [6.07, 6.45) is 15.5. The predicted octanol–water partition coefficient (Wildman–Crippen LogP) is 4.08. The second-order valence-electron chi connectivity index (χ2n) is 10.8. The Balaban J connectivity index is 1.26. The van der Waals surface area contributed by atoms with E-state index in [2.05, 4.69) is 22.3 Å². The van der Waals surface area contributed by atoms with Crippen LogP contribution in [0, 0.1) is 6.92 Å². The van der Waals surface area contributed by atoms with Crippen LogP contribution in [-0.4, -0.2) is 48.2 Å². The number of ether oxygens (including phenoxy) is 2. The molecule has 9 heteroatoms. The van der Waals surface area contributed by atoms with Crippen LogP contribution in [0.15, 0.2) is 37.1 Å². The lowest BCUT2D eigenvalue weighted by Gasteiger charge is -2.41. The van der Waals surface area contributed by atoms with Crippen molar-refractivity contribution in [3.05, 3.63) is 53.9 Å². The summed E-state index contributed by atoms with van der Waals surface area (Å²) in [4.78, 5) is 22.9. The number of aromatic nitrogens is 5. The van der Waals surface area contributed by atoms with Gasteiger partial charge in [-0.15, -0.1) is 0 Å². The molecule has 6 heterocycles. The number of carbonyl (C=O) groups excluding carboxylic acids is 1. The number of rotatable bonds is 5. The maximum absolute atomic E-state index is 13.5. The highest BCUT2D eigenvalue weighted by Gasteiger charge is 2.61. The van der Waals surface area contributed by atoms with Crippen molar-refractivity contribution in [2.24, 2.45) is 0 Å². The molecule has 4 aromatic rings. The van der Waals surface area contributed by atoms with Gasteiger partial charge in [0.15, 0.2) is 5.65 Å². The van der Waals surface area contributed by atoms with Gasteiger partial charge in [-0.2, -0.15) is 5.10 Å². The number of hydrogen-bond donors (Lipinski definition) is 1. The second kappa shape index (κ2) is 7.27. The molecular weight excluding hydrogens is 444 g/mol. The number of fused-ring (bicyclic) bond motifs is 3. The molecule has 4 aromatic heterocycles. The van der Waals surface area contributed by atoms with Gasteiger partial charge in [-0.25, -0.2) is 14.5 Å². The minimum atomic E-state index is -0.258. The molecule has 0 aromatic carbocycles. The average molecular weight is 473 g/mol. The zero-order chi connectivity index (χ0) is 23.8. The molecule has 35 heavy (non-hydrogen) atoms. The minimum absolute atomic E-state index is 0.0153. The topological polar surface area (TPSA) is 95.1 Å². The molecule has 2 aliphatic heterocycles. The largest absolute Gasteiger partial charge is 0.489 e. The van der Waals surface area contributed by atoms with Crippen LogP contribution in [0.2, 0.25) is 0 Å². The van der Waals surface area contributed by atoms with Gasteiger partial charge in [-0.3, -0.25) is 4.79 Å². The molecule has 0 atom stereocenters. The van der Waals surface area contributed by atoms with Gasteiger partial charge in [0.2, 0.25) is 0 Å². The molecule has 8 rings (SSSR count). The van der Waals surface area contributed by atoms with Gasteiger partial charge in [-0.05, 0) is 57.9 Å². The Labute approximate surface area is 202 Å². The Bertz CT molecular complexity index is 1480. The number of carbonyl (C=O) groups is 1. The maximum Gasteiger partial charge on any atom is 0.261 e. The van der Waals surface area contributed by atoms with Gasteiger partial charge in [0, 0.05) is 36.3 Å². The van der Waals surface area contributed by atoms with E-state index in [9.17, 15) is 4.79 Å². The molecule has 2 saturated heterocycles. The van der Waals surface area contributed by atoms with Crippen molar-refractivity contribution in [1.29, 1.82) is 0 Å². The van der Waals surface area contributed by atoms with Crippen LogP contribution in [0.25, 0.3) is 11.3 Å². The molecule has 0 spiro atoms. The van der Waals surface area contributed by atoms with E-state index >= 15 is 0 Å². The third kappa shape index (κ3) is 3.32. The Hall–Kier alpha value is -3.46. The highest BCUT2D eigenvalue weighted by molar-refractivity contribution is 6.07. The number of nitrogens with zero attached hydrogens (tertiary/aromatic N) is 5. The van der Waals surface area contributed by atoms with Crippen molar-refractivity contribution in [3.63, 3.8) is 0 Å². The smallest absolute Gasteiger partial charge is 0.261 e. The molecule has 1 N–H and O–H groups in total. The number of nitrogens with one attached hydrogen (secondary N) is 1. The fourth-order valence-corrected chi connectivity index (χ4v) is 6.12. The van der Waals surface area contributed by atoms with E-state index in [4.69, 9.17) is 14.5 Å². The van der Waals surface area contributed by atoms with Gasteiger partial charge in [0.1, 0.15) is 17.1 Å². The van der Waals surface area contributed by atoms with Crippen LogP contribution >= 0.6 is 0 Å². The van der Waals surface area contributed by atoms with Gasteiger partial charge >= 0.3 is 0 Å². The first-order valence-corrected chi connectivity index (χ1v) is 12.4. The minimum Gasteiger partial charge on any atom is -0.489 e. The number of anilines is 1. The first kappa shape index (κ1) is 20.9. The van der Waals surface area contributed by atoms with Crippen LogP contribution in [0.3, 0.4) is 0 Å². The van der Waals surface area contributed by atoms with Crippen molar-refractivity contribution < 1.29 is 14.3 Å². The Morgan fingerprint density at radius 1 is 1.20 bits per heavy atom. The van der Waals surface area contributed by atoms with Crippen LogP contribution < -0.4 is 10.1 Å². The van der Waals surface area contributed by atoms with Crippen molar-refractivity contribution in [2.45, 2.75) is 69.5 Å². The second-order valence-corrected chi connectivity index (χ2v) is 10.8. The summed E-state index contributed by atoms with van der Waals surface area (Å²) in [6.45, 7) is 4.82. The van der Waals surface area contributed by atoms with Crippen molar-refractivity contribution in [1.82, 2.24) is 24.0 Å². The molecule has 9 nitrogen and oxygen atoms in total. The van der Waals surface area contributed by atoms with Crippen LogP contribution in [0.1, 0.15) is 67.1 Å². The monoisotopic (exact) mass is 472 g/mol. The molecule has 180 valence electrons. The van der Waals surface area contributed by atoms with Crippen molar-refractivity contribution >= 4 is 22.9 Å². The average Bonchev–Trinajstić information content (AvgIpc) is 3.61. The van der Waals surface area contributed by atoms with Crippen molar-refractivity contribution in [2.75, 3.05) is 11.9 Å². The van der Waals surface area contributed by atoms with E-state index in [-0.39, 0.29) is 23.0 Å². The lowest BCUT2D eigenvalue weighted by molar-refractivity contribution is 0.0154. The molecule has 4 aliphatic rings. The summed E-state index contributed by atoms with van der Waals surface area (Å²) in [5.41, 5.74) is 4.40. The van der Waals surface area contributed by atoms with E-state index in [1.807, 2.05) is 36.0 Å². The Kier molecular flexibility index (Phi) is 4.34. The van der Waals surface area contributed by atoms with Gasteiger partial charge in [0.05, 0.1) is 35.8 Å². The maximum atomic E-state index is 13.5. The molecule has 0 radical (unpaired) electrons. The highest BCUT2D eigenvalue weighted by Crippen LogP contribution is 2.58. The molecular formula is C26H28N6O3. The van der Waals surface area contributed by atoms with Crippen LogP contribution in [0.4, 0.5) is 5.69 Å². The van der Waals surface area contributed by atoms with Gasteiger partial charge in [0.25, 0.3) is 5.91 Å². The van der Waals surface area contributed by atoms with E-state index in [1.165, 1.54) is 0 Å². The van der Waals surface area contributed by atoms with E-state index in [0.29, 0.717) is 29.3 Å². The number of amides is 1. The summed E-state index contributed by atoms with van der Waals surface area (Å²) in [7, 11) is 0. The third-order valence-corrected chi connectivity index (χ3v) is 7.79. The zero-order valence-electron chi connectivity index (χ0n) is 20.0. The van der Waals surface area contributed by atoms with E-state index < -0.39 is 0 Å². The van der Waals surface area contributed by atoms with Gasteiger partial charge < -0.3 is 19.2 Å². The number of aryl methyl sites for hydroxylation is 1. The molecule has 4 fully saturated rings. The Morgan fingerprint density at radius 2 is 2.03 bits per heavy atom. The SMILES string of the molecule is Cc1cnc2c(NC(=O)c3cn4cc(C56COC(C)(C5)C6)nc4cc3OC3CCCC3)cnn2c1. The first-order chi connectivity index (χ1) is 16.9. The molecule has 2 saturated carbocycles. The normalized spacial score (nSPS) is 25.9. The molecule has 2 bridgehead atoms. The zero-order valence-corrected chi connectivity index (χ0v) is 20.0. The fourth-order valence-electron chi connectivity index (χ4n) is 6.12. The molecule has 1 amide bonds. The van der Waals surface area contributed by atoms with E-state index in [0.717, 1.165) is 55.4 Å². The molecule has 2 aliphatic carbocycles. The highest BCUT2D eigenvalue weighted by atomic mass is 16.5. The summed E-state index contributed by atoms with van der Waals surface area (Å²) in [5, 5.41) is 7.32. The standard InChI is InChI=1S/C26H28N6O3/c1-16-8-27-23-19(9-28-32(23)10-16)29-24(33)18-11-31-12-21(26-13-25(2,14-26)34-15-26)30-22(31)7-20(18)35-17-5-3-4-6-17/h7-12,17H,3-6,13-15H2,1-2H3,(H,29,33).